The van der Waals surface area contributed by atoms with Crippen LogP contribution in [-0.4, -0.2) is 4.40 Å². The van der Waals surface area contributed by atoms with Gasteiger partial charge in [0.05, 0.1) is 16.7 Å². The topological polar surface area (TPSA) is 70.2 Å². The van der Waals surface area contributed by atoms with E-state index < -0.39 is 0 Å². The summed E-state index contributed by atoms with van der Waals surface area (Å²) in [6.07, 6.45) is 0. The van der Waals surface area contributed by atoms with E-state index in [1.807, 2.05) is 42.5 Å². The molecule has 4 aromatic rings. The molecule has 0 spiro atoms. The Kier molecular flexibility index (Phi) is 2.23. The molecule has 0 aliphatic heterocycles. The first kappa shape index (κ1) is 11.8. The van der Waals surface area contributed by atoms with Gasteiger partial charge in [-0.1, -0.05) is 41.5 Å². The first-order chi connectivity index (χ1) is 10.2. The molecule has 0 bridgehead atoms. The Morgan fingerprint density at radius 1 is 1.05 bits per heavy atom. The Morgan fingerprint density at radius 3 is 2.57 bits per heavy atom. The molecule has 21 heavy (non-hydrogen) atoms. The Balaban J connectivity index is 2.49. The summed E-state index contributed by atoms with van der Waals surface area (Å²) in [5.74, 6) is 0. The van der Waals surface area contributed by atoms with Crippen LogP contribution < -0.4 is 5.56 Å². The molecular weight excluding hydrogens is 264 g/mol. The van der Waals surface area contributed by atoms with E-state index in [1.165, 1.54) is 0 Å². The Morgan fingerprint density at radius 2 is 1.76 bits per heavy atom. The van der Waals surface area contributed by atoms with Gasteiger partial charge >= 0.3 is 0 Å². The predicted octanol–water partition coefficient (Wildman–Crippen LogP) is 4.29. The van der Waals surface area contributed by atoms with Crippen molar-refractivity contribution in [1.82, 2.24) is 4.40 Å². The summed E-state index contributed by atoms with van der Waals surface area (Å²) in [4.78, 5) is 15.5. The van der Waals surface area contributed by atoms with Crippen LogP contribution in [0.25, 0.3) is 37.6 Å². The second-order valence-electron chi connectivity index (χ2n) is 5.02. The van der Waals surface area contributed by atoms with Crippen molar-refractivity contribution in [3.05, 3.63) is 68.8 Å². The lowest BCUT2D eigenvalue weighted by molar-refractivity contribution is 1.13. The van der Waals surface area contributed by atoms with E-state index in [-0.39, 0.29) is 5.56 Å². The number of fused-ring (bicyclic) bond motifs is 3. The molecule has 0 fully saturated rings. The van der Waals surface area contributed by atoms with Gasteiger partial charge in [-0.2, -0.15) is 0 Å². The van der Waals surface area contributed by atoms with Crippen molar-refractivity contribution in [2.24, 2.45) is 5.11 Å². The maximum absolute atomic E-state index is 12.7. The molecule has 0 saturated carbocycles. The van der Waals surface area contributed by atoms with Crippen LogP contribution in [0.2, 0.25) is 0 Å². The van der Waals surface area contributed by atoms with Crippen molar-refractivity contribution in [1.29, 1.82) is 0 Å². The number of nitrogens with zero attached hydrogens (tertiary/aromatic N) is 4. The molecule has 0 radical (unpaired) electrons. The fourth-order valence-corrected chi connectivity index (χ4v) is 3.07. The Hall–Kier alpha value is -3.04. The molecule has 2 aromatic heterocycles. The van der Waals surface area contributed by atoms with Crippen LogP contribution in [0.5, 0.6) is 0 Å². The monoisotopic (exact) mass is 274 g/mol. The largest absolute Gasteiger partial charge is 0.275 e. The fraction of sp³-hybridized carbons (Fsp3) is 0.0625. The molecule has 2 aromatic carbocycles. The van der Waals surface area contributed by atoms with E-state index in [1.54, 1.807) is 11.3 Å². The van der Waals surface area contributed by atoms with Crippen LogP contribution in [0.3, 0.4) is 0 Å². The van der Waals surface area contributed by atoms with Gasteiger partial charge in [-0.15, -0.1) is 0 Å². The second kappa shape index (κ2) is 3.98. The number of azide groups is 1. The maximum atomic E-state index is 12.7. The SMILES string of the molecule is Cc1c(N=[N+]=[N-])c2cccc3c4ccccc4n(c1=O)c23. The first-order valence-corrected chi connectivity index (χ1v) is 6.57. The van der Waals surface area contributed by atoms with E-state index in [9.17, 15) is 4.79 Å². The third-order valence-corrected chi connectivity index (χ3v) is 3.97. The second-order valence-corrected chi connectivity index (χ2v) is 5.02. The smallest absolute Gasteiger partial charge is 0.259 e. The summed E-state index contributed by atoms with van der Waals surface area (Å²) >= 11 is 0. The molecule has 5 nitrogen and oxygen atoms in total. The van der Waals surface area contributed by atoms with E-state index in [2.05, 4.69) is 10.0 Å². The van der Waals surface area contributed by atoms with Crippen molar-refractivity contribution in [2.75, 3.05) is 0 Å². The van der Waals surface area contributed by atoms with Gasteiger partial charge < -0.3 is 0 Å². The van der Waals surface area contributed by atoms with E-state index in [0.29, 0.717) is 11.3 Å². The first-order valence-electron chi connectivity index (χ1n) is 6.57. The summed E-state index contributed by atoms with van der Waals surface area (Å²) in [7, 11) is 0. The Bertz CT molecular complexity index is 1120. The van der Waals surface area contributed by atoms with Gasteiger partial charge in [-0.05, 0) is 18.5 Å². The third kappa shape index (κ3) is 1.35. The highest BCUT2D eigenvalue weighted by atomic mass is 16.1. The lowest BCUT2D eigenvalue weighted by Gasteiger charge is -2.06. The molecule has 2 heterocycles. The zero-order valence-corrected chi connectivity index (χ0v) is 11.2. The van der Waals surface area contributed by atoms with Gasteiger partial charge in [0, 0.05) is 26.6 Å². The summed E-state index contributed by atoms with van der Waals surface area (Å²) < 4.78 is 1.71. The lowest BCUT2D eigenvalue weighted by Crippen LogP contribution is -2.15. The minimum Gasteiger partial charge on any atom is -0.275 e. The highest BCUT2D eigenvalue weighted by Crippen LogP contribution is 2.36. The van der Waals surface area contributed by atoms with E-state index in [0.717, 1.165) is 27.2 Å². The number of aromatic nitrogens is 1. The average molecular weight is 274 g/mol. The summed E-state index contributed by atoms with van der Waals surface area (Å²) in [5, 5.41) is 6.56. The predicted molar refractivity (Wildman–Crippen MR) is 83.4 cm³/mol. The van der Waals surface area contributed by atoms with Crippen LogP contribution >= 0.6 is 0 Å². The van der Waals surface area contributed by atoms with Gasteiger partial charge in [-0.3, -0.25) is 9.20 Å². The fourth-order valence-electron chi connectivity index (χ4n) is 3.07. The van der Waals surface area contributed by atoms with Gasteiger partial charge in [0.1, 0.15) is 0 Å². The molecule has 0 aliphatic carbocycles. The summed E-state index contributed by atoms with van der Waals surface area (Å²) in [6, 6.07) is 13.6. The number of pyridine rings is 1. The Labute approximate surface area is 119 Å². The van der Waals surface area contributed by atoms with Crippen molar-refractivity contribution in [2.45, 2.75) is 6.92 Å². The van der Waals surface area contributed by atoms with E-state index >= 15 is 0 Å². The number of rotatable bonds is 1. The normalized spacial score (nSPS) is 11.3. The third-order valence-electron chi connectivity index (χ3n) is 3.97. The van der Waals surface area contributed by atoms with Crippen molar-refractivity contribution in [3.63, 3.8) is 0 Å². The minimum atomic E-state index is -0.137. The highest BCUT2D eigenvalue weighted by Gasteiger charge is 2.17. The average Bonchev–Trinajstić information content (AvgIpc) is 2.85. The van der Waals surface area contributed by atoms with Gasteiger partial charge in [-0.25, -0.2) is 0 Å². The van der Waals surface area contributed by atoms with Crippen LogP contribution in [0.1, 0.15) is 5.56 Å². The molecule has 0 amide bonds. The number of hydrogen-bond acceptors (Lipinski definition) is 2. The zero-order chi connectivity index (χ0) is 14.6. The molecule has 5 heteroatoms. The molecule has 4 rings (SSSR count). The lowest BCUT2D eigenvalue weighted by atomic mass is 10.1. The van der Waals surface area contributed by atoms with Gasteiger partial charge in [0.25, 0.3) is 5.56 Å². The van der Waals surface area contributed by atoms with Crippen LogP contribution in [0.4, 0.5) is 5.69 Å². The molecule has 0 atom stereocenters. The number of benzene rings is 2. The molecule has 0 aliphatic rings. The van der Waals surface area contributed by atoms with Gasteiger partial charge in [0.2, 0.25) is 0 Å². The maximum Gasteiger partial charge on any atom is 0.259 e. The van der Waals surface area contributed by atoms with Crippen molar-refractivity contribution < 1.29 is 0 Å². The van der Waals surface area contributed by atoms with Crippen LogP contribution in [-0.2, 0) is 0 Å². The number of hydrogen-bond donors (Lipinski definition) is 0. The molecule has 0 unspecified atom stereocenters. The van der Waals surface area contributed by atoms with Crippen molar-refractivity contribution in [3.8, 4) is 0 Å². The van der Waals surface area contributed by atoms with E-state index in [4.69, 9.17) is 5.53 Å². The minimum absolute atomic E-state index is 0.137. The molecular formula is C16H10N4O. The quantitative estimate of drug-likeness (QED) is 0.290. The molecule has 0 saturated heterocycles. The highest BCUT2D eigenvalue weighted by molar-refractivity contribution is 6.16. The molecule has 100 valence electrons. The summed E-state index contributed by atoms with van der Waals surface area (Å²) in [5.41, 5.74) is 11.2. The standard InChI is InChI=1S/C16H10N4O/c1-9-14(18-19-17)12-7-4-6-11-10-5-2-3-8-13(10)20(15(11)12)16(9)21/h2-8H,1H3. The van der Waals surface area contributed by atoms with Crippen molar-refractivity contribution >= 4 is 32.9 Å². The van der Waals surface area contributed by atoms with Gasteiger partial charge in [0.15, 0.2) is 0 Å². The zero-order valence-electron chi connectivity index (χ0n) is 11.2. The summed E-state index contributed by atoms with van der Waals surface area (Å²) in [6.45, 7) is 1.70. The van der Waals surface area contributed by atoms with Crippen LogP contribution in [0, 0.1) is 6.92 Å². The molecule has 0 N–H and O–H groups in total. The van der Waals surface area contributed by atoms with Crippen LogP contribution in [0.15, 0.2) is 52.4 Å². The number of para-hydroxylation sites is 2.